The molecule has 32 heavy (non-hydrogen) atoms. The molecule has 2 heterocycles. The number of methoxy groups -OCH3 is 1. The van der Waals surface area contributed by atoms with Gasteiger partial charge in [-0.05, 0) is 42.4 Å². The number of aryl methyl sites for hydroxylation is 2. The van der Waals surface area contributed by atoms with E-state index >= 15 is 0 Å². The van der Waals surface area contributed by atoms with Gasteiger partial charge < -0.3 is 15.2 Å². The predicted molar refractivity (Wildman–Crippen MR) is 124 cm³/mol. The highest BCUT2D eigenvalue weighted by Crippen LogP contribution is 2.34. The molecule has 3 aromatic rings. The van der Waals surface area contributed by atoms with E-state index in [4.69, 9.17) is 20.2 Å². The zero-order valence-corrected chi connectivity index (χ0v) is 19.7. The maximum atomic E-state index is 11.7. The van der Waals surface area contributed by atoms with E-state index < -0.39 is 5.97 Å². The molecule has 0 aliphatic rings. The molecule has 0 aliphatic heterocycles. The number of nitrogens with one attached hydrogen (secondary N) is 1. The molecule has 7 heteroatoms. The number of pyridine rings is 1. The van der Waals surface area contributed by atoms with Crippen molar-refractivity contribution in [1.82, 2.24) is 15.2 Å². The Morgan fingerprint density at radius 2 is 1.81 bits per heavy atom. The lowest BCUT2D eigenvalue weighted by molar-refractivity contribution is 0.0594. The van der Waals surface area contributed by atoms with Gasteiger partial charge in [0.05, 0.1) is 7.11 Å². The summed E-state index contributed by atoms with van der Waals surface area (Å²) in [5.41, 5.74) is 13.8. The fourth-order valence-electron chi connectivity index (χ4n) is 3.70. The molecular formula is C25H32N4O3. The third-order valence-electron chi connectivity index (χ3n) is 5.26. The maximum absolute atomic E-state index is 11.7. The first kappa shape index (κ1) is 23.5. The van der Waals surface area contributed by atoms with Gasteiger partial charge in [-0.1, -0.05) is 50.6 Å². The molecule has 0 bridgehead atoms. The Bertz CT molecular complexity index is 1100. The van der Waals surface area contributed by atoms with Crippen LogP contribution < -0.4 is 10.5 Å². The molecule has 0 atom stereocenters. The van der Waals surface area contributed by atoms with Crippen LogP contribution in [0.25, 0.3) is 11.1 Å². The number of carbonyl (C=O) groups is 1. The molecule has 0 radical (unpaired) electrons. The summed E-state index contributed by atoms with van der Waals surface area (Å²) in [6, 6.07) is 9.93. The highest BCUT2D eigenvalue weighted by atomic mass is 16.5. The minimum Gasteiger partial charge on any atom is -0.472 e. The highest BCUT2D eigenvalue weighted by Gasteiger charge is 2.23. The number of hydrogen-bond acceptors (Lipinski definition) is 6. The van der Waals surface area contributed by atoms with Crippen molar-refractivity contribution in [1.29, 1.82) is 0 Å². The van der Waals surface area contributed by atoms with Crippen molar-refractivity contribution >= 4 is 5.97 Å². The Morgan fingerprint density at radius 1 is 1.12 bits per heavy atom. The van der Waals surface area contributed by atoms with E-state index in [1.54, 1.807) is 0 Å². The van der Waals surface area contributed by atoms with Crippen molar-refractivity contribution < 1.29 is 14.3 Å². The molecule has 0 amide bonds. The smallest absolute Gasteiger partial charge is 0.356 e. The number of H-pyrrole nitrogens is 1. The Labute approximate surface area is 189 Å². The van der Waals surface area contributed by atoms with Crippen molar-refractivity contribution in [3.8, 4) is 17.0 Å². The van der Waals surface area contributed by atoms with Crippen LogP contribution in [0.15, 0.2) is 30.3 Å². The van der Waals surface area contributed by atoms with Crippen LogP contribution in [0.1, 0.15) is 59.3 Å². The summed E-state index contributed by atoms with van der Waals surface area (Å²) in [6.07, 6.45) is 0.822. The molecule has 0 saturated carbocycles. The number of nitrogens with zero attached hydrogens (tertiary/aromatic N) is 2. The van der Waals surface area contributed by atoms with Crippen LogP contribution in [0.4, 0.5) is 0 Å². The normalized spacial score (nSPS) is 11.5. The third-order valence-corrected chi connectivity index (χ3v) is 5.26. The molecule has 3 rings (SSSR count). The van der Waals surface area contributed by atoms with Crippen LogP contribution >= 0.6 is 0 Å². The summed E-state index contributed by atoms with van der Waals surface area (Å²) >= 11 is 0. The van der Waals surface area contributed by atoms with E-state index in [1.807, 2.05) is 6.92 Å². The van der Waals surface area contributed by atoms with E-state index in [-0.39, 0.29) is 17.7 Å². The Morgan fingerprint density at radius 3 is 2.41 bits per heavy atom. The second-order valence-electron chi connectivity index (χ2n) is 9.18. The third kappa shape index (κ3) is 5.34. The van der Waals surface area contributed by atoms with Gasteiger partial charge in [0.2, 0.25) is 5.88 Å². The standard InChI is InChI=1S/C25H32N4O3/c1-15-7-9-17(10-8-15)23-18(13-26)21(12-25(3,4)5)27-16(2)19(23)14-32-22-11-20(28-29-22)24(30)31-6/h7-11H,12-14,26H2,1-6H3,(H,28,29). The van der Waals surface area contributed by atoms with Crippen molar-refractivity contribution in [2.75, 3.05) is 7.11 Å². The van der Waals surface area contributed by atoms with Gasteiger partial charge in [-0.3, -0.25) is 10.1 Å². The Balaban J connectivity index is 2.06. The van der Waals surface area contributed by atoms with Gasteiger partial charge in [-0.25, -0.2) is 4.79 Å². The van der Waals surface area contributed by atoms with Crippen LogP contribution in [0.5, 0.6) is 5.88 Å². The summed E-state index contributed by atoms with van der Waals surface area (Å²) in [4.78, 5) is 16.6. The average molecular weight is 437 g/mol. The van der Waals surface area contributed by atoms with Crippen LogP contribution in [-0.4, -0.2) is 28.3 Å². The fourth-order valence-corrected chi connectivity index (χ4v) is 3.70. The number of esters is 1. The molecule has 0 aliphatic carbocycles. The van der Waals surface area contributed by atoms with Crippen LogP contribution in [0.3, 0.4) is 0 Å². The lowest BCUT2D eigenvalue weighted by Gasteiger charge is -2.24. The van der Waals surface area contributed by atoms with Crippen molar-refractivity contribution in [3.05, 3.63) is 64.1 Å². The number of aromatic nitrogens is 3. The van der Waals surface area contributed by atoms with Crippen LogP contribution in [-0.2, 0) is 24.3 Å². The van der Waals surface area contributed by atoms with Gasteiger partial charge >= 0.3 is 5.97 Å². The van der Waals surface area contributed by atoms with Gasteiger partial charge in [-0.2, -0.15) is 0 Å². The summed E-state index contributed by atoms with van der Waals surface area (Å²) in [6.45, 7) is 11.3. The SMILES string of the molecule is COC(=O)c1cc(OCc2c(C)nc(CC(C)(C)C)c(CN)c2-c2ccc(C)cc2)n[nH]1. The second-order valence-corrected chi connectivity index (χ2v) is 9.18. The summed E-state index contributed by atoms with van der Waals surface area (Å²) in [7, 11) is 1.32. The molecule has 0 fully saturated rings. The second kappa shape index (κ2) is 9.53. The van der Waals surface area contributed by atoms with Gasteiger partial charge in [0, 0.05) is 29.6 Å². The van der Waals surface area contributed by atoms with Gasteiger partial charge in [0.1, 0.15) is 12.3 Å². The quantitative estimate of drug-likeness (QED) is 0.529. The first-order valence-electron chi connectivity index (χ1n) is 10.7. The summed E-state index contributed by atoms with van der Waals surface area (Å²) in [5, 5.41) is 6.69. The van der Waals surface area contributed by atoms with E-state index in [9.17, 15) is 4.79 Å². The molecular weight excluding hydrogens is 404 g/mol. The molecule has 0 saturated heterocycles. The highest BCUT2D eigenvalue weighted by molar-refractivity contribution is 5.87. The number of nitrogens with two attached hydrogens (primary N) is 1. The van der Waals surface area contributed by atoms with E-state index in [1.165, 1.54) is 18.7 Å². The van der Waals surface area contributed by atoms with Crippen molar-refractivity contribution in [3.63, 3.8) is 0 Å². The van der Waals surface area contributed by atoms with Gasteiger partial charge in [-0.15, -0.1) is 5.10 Å². The minimum absolute atomic E-state index is 0.0747. The first-order chi connectivity index (χ1) is 15.1. The lowest BCUT2D eigenvalue weighted by Crippen LogP contribution is -2.18. The van der Waals surface area contributed by atoms with Crippen molar-refractivity contribution in [2.24, 2.45) is 11.1 Å². The van der Waals surface area contributed by atoms with Crippen molar-refractivity contribution in [2.45, 2.75) is 54.2 Å². The Hall–Kier alpha value is -3.19. The largest absolute Gasteiger partial charge is 0.472 e. The average Bonchev–Trinajstić information content (AvgIpc) is 3.20. The number of rotatable bonds is 7. The molecule has 3 N–H and O–H groups in total. The van der Waals surface area contributed by atoms with Gasteiger partial charge in [0.15, 0.2) is 0 Å². The monoisotopic (exact) mass is 436 g/mol. The number of carbonyl (C=O) groups excluding carboxylic acids is 1. The first-order valence-corrected chi connectivity index (χ1v) is 10.7. The molecule has 7 nitrogen and oxygen atoms in total. The molecule has 0 unspecified atom stereocenters. The minimum atomic E-state index is -0.498. The number of benzene rings is 1. The maximum Gasteiger partial charge on any atom is 0.356 e. The van der Waals surface area contributed by atoms with Crippen LogP contribution in [0, 0.1) is 19.3 Å². The van der Waals surface area contributed by atoms with E-state index in [2.05, 4.69) is 62.2 Å². The number of hydrogen-bond donors (Lipinski definition) is 2. The fraction of sp³-hybridized carbons (Fsp3) is 0.400. The predicted octanol–water partition coefficient (Wildman–Crippen LogP) is 4.50. The lowest BCUT2D eigenvalue weighted by atomic mass is 9.85. The Kier molecular flexibility index (Phi) is 6.99. The number of aromatic amines is 1. The van der Waals surface area contributed by atoms with E-state index in [0.717, 1.165) is 40.1 Å². The van der Waals surface area contributed by atoms with E-state index in [0.29, 0.717) is 12.4 Å². The van der Waals surface area contributed by atoms with Gasteiger partial charge in [0.25, 0.3) is 0 Å². The molecule has 0 spiro atoms. The molecule has 170 valence electrons. The number of ether oxygens (including phenoxy) is 2. The van der Waals surface area contributed by atoms with Crippen LogP contribution in [0.2, 0.25) is 0 Å². The zero-order chi connectivity index (χ0) is 23.5. The molecule has 1 aromatic carbocycles. The molecule has 2 aromatic heterocycles. The topological polar surface area (TPSA) is 103 Å². The zero-order valence-electron chi connectivity index (χ0n) is 19.7. The summed E-state index contributed by atoms with van der Waals surface area (Å²) < 4.78 is 10.7. The summed E-state index contributed by atoms with van der Waals surface area (Å²) in [5.74, 6) is -0.185.